The van der Waals surface area contributed by atoms with Crippen molar-refractivity contribution in [2.75, 3.05) is 13.1 Å². The number of benzene rings is 2. The van der Waals surface area contributed by atoms with Crippen LogP contribution in [0.15, 0.2) is 60.7 Å². The van der Waals surface area contributed by atoms with Crippen LogP contribution in [0.5, 0.6) is 0 Å². The van der Waals surface area contributed by atoms with Crippen molar-refractivity contribution in [3.05, 3.63) is 81.9 Å². The van der Waals surface area contributed by atoms with Gasteiger partial charge in [-0.05, 0) is 29.3 Å². The van der Waals surface area contributed by atoms with E-state index in [1.165, 1.54) is 30.3 Å². The van der Waals surface area contributed by atoms with Crippen LogP contribution < -0.4 is 10.6 Å². The molecule has 0 heterocycles. The fraction of sp³-hybridized carbons (Fsp3) is 0.158. The number of aliphatic hydroxyl groups excluding tert-OH is 1. The maximum Gasteiger partial charge on any atom is 0.269 e. The largest absolute Gasteiger partial charge is 0.387 e. The molecule has 0 bridgehead atoms. The Bertz CT molecular complexity index is 819. The number of carbonyl (C=O) groups is 2. The lowest BCUT2D eigenvalue weighted by Crippen LogP contribution is -2.38. The molecule has 27 heavy (non-hydrogen) atoms. The summed E-state index contributed by atoms with van der Waals surface area (Å²) in [4.78, 5) is 33.5. The normalized spacial score (nSPS) is 11.7. The van der Waals surface area contributed by atoms with Gasteiger partial charge in [-0.15, -0.1) is 0 Å². The maximum atomic E-state index is 11.8. The number of carbonyl (C=O) groups excluding carboxylic acids is 2. The standard InChI is InChI=1S/C19H19N3O5/c23-17(15-7-9-16(10-8-15)22(26)27)12-20-19(25)13-21-18(24)11-6-14-4-2-1-3-5-14/h1-11,17,23H,12-13H2,(H,20,25)(H,21,24)/b11-6+/t17-/m0/s1. The van der Waals surface area contributed by atoms with Crippen LogP contribution in [-0.2, 0) is 9.59 Å². The number of hydrogen-bond acceptors (Lipinski definition) is 5. The van der Waals surface area contributed by atoms with Crippen LogP contribution in [0.1, 0.15) is 17.2 Å². The number of non-ortho nitro benzene ring substituents is 1. The molecule has 140 valence electrons. The Morgan fingerprint density at radius 2 is 1.74 bits per heavy atom. The maximum absolute atomic E-state index is 11.8. The fourth-order valence-electron chi connectivity index (χ4n) is 2.17. The van der Waals surface area contributed by atoms with Crippen molar-refractivity contribution in [3.63, 3.8) is 0 Å². The second-order valence-electron chi connectivity index (χ2n) is 5.63. The molecule has 3 N–H and O–H groups in total. The molecule has 2 aromatic carbocycles. The van der Waals surface area contributed by atoms with Gasteiger partial charge in [0.1, 0.15) is 0 Å². The number of nitrogens with zero attached hydrogens (tertiary/aromatic N) is 1. The quantitative estimate of drug-likeness (QED) is 0.370. The molecule has 1 atom stereocenters. The Labute approximate surface area is 155 Å². The van der Waals surface area contributed by atoms with Gasteiger partial charge in [-0.3, -0.25) is 19.7 Å². The van der Waals surface area contributed by atoms with Gasteiger partial charge in [0.25, 0.3) is 5.69 Å². The zero-order valence-electron chi connectivity index (χ0n) is 14.4. The molecule has 2 aromatic rings. The number of hydrogen-bond donors (Lipinski definition) is 3. The van der Waals surface area contributed by atoms with Gasteiger partial charge in [0.2, 0.25) is 11.8 Å². The summed E-state index contributed by atoms with van der Waals surface area (Å²) in [6.07, 6.45) is 1.95. The van der Waals surface area contributed by atoms with E-state index in [1.54, 1.807) is 6.08 Å². The Hall–Kier alpha value is -3.52. The van der Waals surface area contributed by atoms with E-state index in [4.69, 9.17) is 0 Å². The Balaban J connectivity index is 1.73. The molecule has 0 aliphatic carbocycles. The summed E-state index contributed by atoms with van der Waals surface area (Å²) in [6.45, 7) is -0.308. The number of nitrogens with one attached hydrogen (secondary N) is 2. The highest BCUT2D eigenvalue weighted by atomic mass is 16.6. The van der Waals surface area contributed by atoms with Gasteiger partial charge in [-0.25, -0.2) is 0 Å². The summed E-state index contributed by atoms with van der Waals surface area (Å²) in [5, 5.41) is 25.5. The monoisotopic (exact) mass is 369 g/mol. The van der Waals surface area contributed by atoms with Crippen LogP contribution in [0, 0.1) is 10.1 Å². The van der Waals surface area contributed by atoms with E-state index in [9.17, 15) is 24.8 Å². The molecule has 0 radical (unpaired) electrons. The van der Waals surface area contributed by atoms with Gasteiger partial charge in [-0.1, -0.05) is 30.3 Å². The van der Waals surface area contributed by atoms with Crippen molar-refractivity contribution in [2.45, 2.75) is 6.10 Å². The number of nitro benzene ring substituents is 1. The predicted molar refractivity (Wildman–Crippen MR) is 99.6 cm³/mol. The molecule has 2 rings (SSSR count). The minimum atomic E-state index is -1.01. The second-order valence-corrected chi connectivity index (χ2v) is 5.63. The minimum absolute atomic E-state index is 0.0770. The Morgan fingerprint density at radius 3 is 2.37 bits per heavy atom. The Morgan fingerprint density at radius 1 is 1.07 bits per heavy atom. The first kappa shape index (κ1) is 19.8. The number of rotatable bonds is 8. The molecule has 8 nitrogen and oxygen atoms in total. The number of amides is 2. The van der Waals surface area contributed by atoms with Crippen molar-refractivity contribution in [1.29, 1.82) is 0 Å². The molecular formula is C19H19N3O5. The summed E-state index contributed by atoms with van der Waals surface area (Å²) in [6, 6.07) is 14.6. The van der Waals surface area contributed by atoms with Gasteiger partial charge in [-0.2, -0.15) is 0 Å². The van der Waals surface area contributed by atoms with E-state index < -0.39 is 22.8 Å². The zero-order chi connectivity index (χ0) is 19.6. The molecule has 0 spiro atoms. The van der Waals surface area contributed by atoms with E-state index >= 15 is 0 Å². The van der Waals surface area contributed by atoms with Crippen LogP contribution in [0.25, 0.3) is 6.08 Å². The predicted octanol–water partition coefficient (Wildman–Crippen LogP) is 1.57. The SMILES string of the molecule is O=C(/C=C/c1ccccc1)NCC(=O)NC[C@H](O)c1ccc([N+](=O)[O-])cc1. The van der Waals surface area contributed by atoms with E-state index in [1.807, 2.05) is 30.3 Å². The van der Waals surface area contributed by atoms with E-state index in [0.717, 1.165) is 5.56 Å². The van der Waals surface area contributed by atoms with Crippen LogP contribution in [0.3, 0.4) is 0 Å². The zero-order valence-corrected chi connectivity index (χ0v) is 14.4. The van der Waals surface area contributed by atoms with Crippen molar-refractivity contribution in [3.8, 4) is 0 Å². The average Bonchev–Trinajstić information content (AvgIpc) is 2.69. The lowest BCUT2D eigenvalue weighted by Gasteiger charge is -2.12. The summed E-state index contributed by atoms with van der Waals surface area (Å²) < 4.78 is 0. The molecular weight excluding hydrogens is 350 g/mol. The average molecular weight is 369 g/mol. The fourth-order valence-corrected chi connectivity index (χ4v) is 2.17. The first-order chi connectivity index (χ1) is 13.0. The first-order valence-corrected chi connectivity index (χ1v) is 8.16. The third-order valence-electron chi connectivity index (χ3n) is 3.63. The van der Waals surface area contributed by atoms with Gasteiger partial charge < -0.3 is 15.7 Å². The van der Waals surface area contributed by atoms with Gasteiger partial charge in [0.15, 0.2) is 0 Å². The summed E-state index contributed by atoms with van der Waals surface area (Å²) in [5.74, 6) is -0.873. The molecule has 0 unspecified atom stereocenters. The van der Waals surface area contributed by atoms with E-state index in [2.05, 4.69) is 10.6 Å². The van der Waals surface area contributed by atoms with Crippen molar-refractivity contribution >= 4 is 23.6 Å². The Kier molecular flexibility index (Phi) is 7.21. The highest BCUT2D eigenvalue weighted by Crippen LogP contribution is 2.17. The third kappa shape index (κ3) is 6.71. The smallest absolute Gasteiger partial charge is 0.269 e. The van der Waals surface area contributed by atoms with Crippen molar-refractivity contribution in [2.24, 2.45) is 0 Å². The van der Waals surface area contributed by atoms with E-state index in [0.29, 0.717) is 5.56 Å². The molecule has 0 saturated carbocycles. The van der Waals surface area contributed by atoms with Crippen LogP contribution >= 0.6 is 0 Å². The molecule has 8 heteroatoms. The van der Waals surface area contributed by atoms with Gasteiger partial charge in [0, 0.05) is 24.8 Å². The minimum Gasteiger partial charge on any atom is -0.387 e. The number of aliphatic hydroxyl groups is 1. The van der Waals surface area contributed by atoms with Crippen molar-refractivity contribution in [1.82, 2.24) is 10.6 Å². The van der Waals surface area contributed by atoms with Crippen LogP contribution in [0.2, 0.25) is 0 Å². The molecule has 0 aliphatic heterocycles. The molecule has 2 amide bonds. The van der Waals surface area contributed by atoms with Crippen LogP contribution in [0.4, 0.5) is 5.69 Å². The topological polar surface area (TPSA) is 122 Å². The lowest BCUT2D eigenvalue weighted by atomic mass is 10.1. The van der Waals surface area contributed by atoms with Gasteiger partial charge in [0.05, 0.1) is 17.6 Å². The summed E-state index contributed by atoms with van der Waals surface area (Å²) in [7, 11) is 0. The van der Waals surface area contributed by atoms with Gasteiger partial charge >= 0.3 is 0 Å². The summed E-state index contributed by atoms with van der Waals surface area (Å²) >= 11 is 0. The third-order valence-corrected chi connectivity index (χ3v) is 3.63. The highest BCUT2D eigenvalue weighted by Gasteiger charge is 2.12. The molecule has 0 saturated heterocycles. The van der Waals surface area contributed by atoms with Crippen LogP contribution in [-0.4, -0.2) is 34.9 Å². The van der Waals surface area contributed by atoms with E-state index in [-0.39, 0.29) is 18.8 Å². The molecule has 0 aromatic heterocycles. The summed E-state index contributed by atoms with van der Waals surface area (Å²) in [5.41, 5.74) is 1.22. The first-order valence-electron chi connectivity index (χ1n) is 8.16. The van der Waals surface area contributed by atoms with Crippen molar-refractivity contribution < 1.29 is 19.6 Å². The second kappa shape index (κ2) is 9.83. The number of nitro groups is 1. The lowest BCUT2D eigenvalue weighted by molar-refractivity contribution is -0.384. The molecule has 0 aliphatic rings. The molecule has 0 fully saturated rings. The highest BCUT2D eigenvalue weighted by molar-refractivity contribution is 5.94.